The maximum atomic E-state index is 13.3. The summed E-state index contributed by atoms with van der Waals surface area (Å²) < 4.78 is 11.3. The molecule has 2 aliphatic heterocycles. The van der Waals surface area contributed by atoms with Gasteiger partial charge in [0.15, 0.2) is 0 Å². The van der Waals surface area contributed by atoms with Crippen molar-refractivity contribution in [1.82, 2.24) is 9.80 Å². The van der Waals surface area contributed by atoms with Crippen LogP contribution in [0.25, 0.3) is 5.76 Å². The summed E-state index contributed by atoms with van der Waals surface area (Å²) in [6.07, 6.45) is 0.672. The minimum atomic E-state index is -0.786. The number of aliphatic hydroxyl groups is 1. The molecule has 0 unspecified atom stereocenters. The molecule has 4 rings (SSSR count). The Morgan fingerprint density at radius 3 is 2.47 bits per heavy atom. The molecule has 2 aliphatic rings. The van der Waals surface area contributed by atoms with Gasteiger partial charge in [-0.1, -0.05) is 43.1 Å². The number of ketones is 1. The molecule has 7 nitrogen and oxygen atoms in total. The lowest BCUT2D eigenvalue weighted by atomic mass is 9.94. The van der Waals surface area contributed by atoms with Crippen LogP contribution >= 0.6 is 23.2 Å². The number of ether oxygens (including phenoxy) is 2. The first-order valence-corrected chi connectivity index (χ1v) is 13.7. The third kappa shape index (κ3) is 6.34. The van der Waals surface area contributed by atoms with E-state index in [1.54, 1.807) is 36.4 Å². The van der Waals surface area contributed by atoms with Gasteiger partial charge in [-0.2, -0.15) is 0 Å². The first-order chi connectivity index (χ1) is 18.2. The summed E-state index contributed by atoms with van der Waals surface area (Å²) in [5.74, 6) is -0.512. The third-order valence-corrected chi connectivity index (χ3v) is 7.54. The second kappa shape index (κ2) is 12.5. The number of rotatable bonds is 9. The van der Waals surface area contributed by atoms with Crippen LogP contribution in [-0.2, 0) is 14.3 Å². The third-order valence-electron chi connectivity index (χ3n) is 6.80. The van der Waals surface area contributed by atoms with E-state index < -0.39 is 17.7 Å². The van der Waals surface area contributed by atoms with Crippen LogP contribution < -0.4 is 4.74 Å². The monoisotopic (exact) mass is 560 g/mol. The molecule has 2 aromatic carbocycles. The fourth-order valence-electron chi connectivity index (χ4n) is 4.80. The van der Waals surface area contributed by atoms with Crippen molar-refractivity contribution in [2.75, 3.05) is 46.0 Å². The standard InChI is InChI=1S/C29H34Cl2N2O5/c1-18(2)17-38-24-8-6-21(15-19(24)3)27(34)25-26(20-5-7-22(30)23(31)16-20)33(29(36)28(25)35)10-4-9-32-11-13-37-14-12-32/h5-8,15-16,18,26,34H,4,9-14,17H2,1-3H3/t26-/m0/s1. The Kier molecular flexibility index (Phi) is 9.36. The number of morpholine rings is 1. The number of Topliss-reactive ketones (excluding diaryl/α,β-unsaturated/α-hetero) is 1. The topological polar surface area (TPSA) is 79.3 Å². The highest BCUT2D eigenvalue weighted by Crippen LogP contribution is 2.41. The van der Waals surface area contributed by atoms with E-state index in [1.165, 1.54) is 4.90 Å². The van der Waals surface area contributed by atoms with Crippen LogP contribution in [0.15, 0.2) is 42.0 Å². The molecule has 0 radical (unpaired) electrons. The number of hydrogen-bond donors (Lipinski definition) is 1. The van der Waals surface area contributed by atoms with Crippen molar-refractivity contribution in [1.29, 1.82) is 0 Å². The van der Waals surface area contributed by atoms with Crippen molar-refractivity contribution in [2.45, 2.75) is 33.2 Å². The van der Waals surface area contributed by atoms with Gasteiger partial charge in [0.1, 0.15) is 11.5 Å². The van der Waals surface area contributed by atoms with Crippen LogP contribution in [0, 0.1) is 12.8 Å². The Morgan fingerprint density at radius 2 is 1.82 bits per heavy atom. The molecule has 0 aliphatic carbocycles. The lowest BCUT2D eigenvalue weighted by Gasteiger charge is -2.29. The molecule has 1 atom stereocenters. The predicted molar refractivity (Wildman–Crippen MR) is 149 cm³/mol. The molecule has 0 spiro atoms. The number of aryl methyl sites for hydroxylation is 1. The fourth-order valence-corrected chi connectivity index (χ4v) is 5.11. The van der Waals surface area contributed by atoms with Gasteiger partial charge in [-0.25, -0.2) is 0 Å². The zero-order valence-corrected chi connectivity index (χ0v) is 23.5. The summed E-state index contributed by atoms with van der Waals surface area (Å²) in [5.41, 5.74) is 1.91. The number of hydrogen-bond acceptors (Lipinski definition) is 6. The Bertz CT molecular complexity index is 1220. The van der Waals surface area contributed by atoms with E-state index >= 15 is 0 Å². The fraction of sp³-hybridized carbons (Fsp3) is 0.448. The van der Waals surface area contributed by atoms with Gasteiger partial charge in [-0.15, -0.1) is 0 Å². The number of aliphatic hydroxyl groups excluding tert-OH is 1. The molecule has 0 aromatic heterocycles. The van der Waals surface area contributed by atoms with Gasteiger partial charge in [0.2, 0.25) is 0 Å². The number of halogens is 2. The zero-order chi connectivity index (χ0) is 27.4. The maximum Gasteiger partial charge on any atom is 0.295 e. The summed E-state index contributed by atoms with van der Waals surface area (Å²) in [7, 11) is 0. The Hall–Kier alpha value is -2.58. The first-order valence-electron chi connectivity index (χ1n) is 12.9. The molecule has 2 saturated heterocycles. The summed E-state index contributed by atoms with van der Waals surface area (Å²) in [4.78, 5) is 30.4. The molecular weight excluding hydrogens is 527 g/mol. The van der Waals surface area contributed by atoms with E-state index in [2.05, 4.69) is 18.7 Å². The second-order valence-corrected chi connectivity index (χ2v) is 11.0. The van der Waals surface area contributed by atoms with Gasteiger partial charge in [0, 0.05) is 31.7 Å². The highest BCUT2D eigenvalue weighted by atomic mass is 35.5. The van der Waals surface area contributed by atoms with Gasteiger partial charge in [-0.05, 0) is 60.7 Å². The van der Waals surface area contributed by atoms with E-state index in [1.807, 2.05) is 6.92 Å². The Morgan fingerprint density at radius 1 is 1.08 bits per heavy atom. The number of carbonyl (C=O) groups is 2. The summed E-state index contributed by atoms with van der Waals surface area (Å²) >= 11 is 12.5. The normalized spacial score (nSPS) is 19.9. The van der Waals surface area contributed by atoms with Gasteiger partial charge < -0.3 is 19.5 Å². The second-order valence-electron chi connectivity index (χ2n) is 10.2. The van der Waals surface area contributed by atoms with Crippen LogP contribution in [0.2, 0.25) is 10.0 Å². The van der Waals surface area contributed by atoms with E-state index in [0.29, 0.717) is 65.6 Å². The first kappa shape index (κ1) is 28.4. The number of likely N-dealkylation sites (tertiary alicyclic amines) is 1. The number of benzene rings is 2. The predicted octanol–water partition coefficient (Wildman–Crippen LogP) is 5.48. The van der Waals surface area contributed by atoms with E-state index in [9.17, 15) is 14.7 Å². The average Bonchev–Trinajstić information content (AvgIpc) is 3.14. The van der Waals surface area contributed by atoms with Crippen molar-refractivity contribution >= 4 is 40.7 Å². The minimum Gasteiger partial charge on any atom is -0.507 e. The molecule has 204 valence electrons. The van der Waals surface area contributed by atoms with E-state index in [0.717, 1.165) is 25.2 Å². The molecule has 1 amide bonds. The highest BCUT2D eigenvalue weighted by Gasteiger charge is 2.46. The summed E-state index contributed by atoms with van der Waals surface area (Å²) in [6, 6.07) is 9.49. The largest absolute Gasteiger partial charge is 0.507 e. The molecule has 2 aromatic rings. The van der Waals surface area contributed by atoms with E-state index in [4.69, 9.17) is 32.7 Å². The van der Waals surface area contributed by atoms with Crippen LogP contribution in [0.4, 0.5) is 0 Å². The van der Waals surface area contributed by atoms with Crippen molar-refractivity contribution < 1.29 is 24.2 Å². The molecule has 9 heteroatoms. The molecule has 0 bridgehead atoms. The lowest BCUT2D eigenvalue weighted by Crippen LogP contribution is -2.38. The smallest absolute Gasteiger partial charge is 0.295 e. The molecule has 1 N–H and O–H groups in total. The van der Waals surface area contributed by atoms with Crippen LogP contribution in [0.1, 0.15) is 43.0 Å². The van der Waals surface area contributed by atoms with Gasteiger partial charge in [-0.3, -0.25) is 14.5 Å². The molecular formula is C29H34Cl2N2O5. The zero-order valence-electron chi connectivity index (χ0n) is 22.0. The summed E-state index contributed by atoms with van der Waals surface area (Å²) in [5, 5.41) is 12.1. The highest BCUT2D eigenvalue weighted by molar-refractivity contribution is 6.46. The van der Waals surface area contributed by atoms with Crippen LogP contribution in [-0.4, -0.2) is 72.6 Å². The quantitative estimate of drug-likeness (QED) is 0.248. The van der Waals surface area contributed by atoms with Crippen LogP contribution in [0.3, 0.4) is 0 Å². The minimum absolute atomic E-state index is 0.0370. The number of amides is 1. The van der Waals surface area contributed by atoms with Crippen molar-refractivity contribution in [3.05, 3.63) is 68.7 Å². The Balaban J connectivity index is 1.68. The lowest BCUT2D eigenvalue weighted by molar-refractivity contribution is -0.140. The molecule has 2 fully saturated rings. The number of carbonyl (C=O) groups excluding carboxylic acids is 2. The number of nitrogens with zero attached hydrogens (tertiary/aromatic N) is 2. The average molecular weight is 562 g/mol. The van der Waals surface area contributed by atoms with Crippen molar-refractivity contribution in [3.63, 3.8) is 0 Å². The Labute approximate surface area is 233 Å². The van der Waals surface area contributed by atoms with Gasteiger partial charge in [0.05, 0.1) is 41.5 Å². The summed E-state index contributed by atoms with van der Waals surface area (Å²) in [6.45, 7) is 10.8. The molecule has 38 heavy (non-hydrogen) atoms. The van der Waals surface area contributed by atoms with Crippen molar-refractivity contribution in [2.24, 2.45) is 5.92 Å². The van der Waals surface area contributed by atoms with Gasteiger partial charge in [0.25, 0.3) is 11.7 Å². The van der Waals surface area contributed by atoms with Crippen molar-refractivity contribution in [3.8, 4) is 5.75 Å². The molecule has 2 heterocycles. The maximum absolute atomic E-state index is 13.3. The molecule has 0 saturated carbocycles. The van der Waals surface area contributed by atoms with E-state index in [-0.39, 0.29) is 11.3 Å². The SMILES string of the molecule is Cc1cc(C(O)=C2C(=O)C(=O)N(CCCN3CCOCC3)[C@H]2c2ccc(Cl)c(Cl)c2)ccc1OCC(C)C. The van der Waals surface area contributed by atoms with Gasteiger partial charge >= 0.3 is 0 Å². The van der Waals surface area contributed by atoms with Crippen LogP contribution in [0.5, 0.6) is 5.75 Å².